The number of alkyl halides is 5. The van der Waals surface area contributed by atoms with Gasteiger partial charge in [-0.1, -0.05) is 83.6 Å². The molecule has 0 saturated heterocycles. The zero-order chi connectivity index (χ0) is 37.8. The minimum absolute atomic E-state index is 0.0551. The SMILES string of the molecule is C[C@]12CC[C@@H]3c4ccc(O)cc4C[C@@H](CCCCCCCCC[S@@](=O)CCCCCCCCC[S@@](=O)CCCC(F)(F)C(F)(F)F)[C@H]3[C@@H]1CC[C@@H]2O. The minimum atomic E-state index is -5.55. The molecule has 4 nitrogen and oxygen atoms in total. The van der Waals surface area contributed by atoms with Gasteiger partial charge in [0.05, 0.1) is 6.10 Å². The molecule has 0 heterocycles. The van der Waals surface area contributed by atoms with E-state index in [4.69, 9.17) is 0 Å². The second-order valence-electron chi connectivity index (χ2n) is 16.5. The lowest BCUT2D eigenvalue weighted by Gasteiger charge is -2.53. The molecule has 0 spiro atoms. The van der Waals surface area contributed by atoms with Gasteiger partial charge in [0.2, 0.25) is 0 Å². The Morgan fingerprint density at radius 1 is 0.731 bits per heavy atom. The van der Waals surface area contributed by atoms with Crippen molar-refractivity contribution in [2.45, 2.75) is 172 Å². The highest BCUT2D eigenvalue weighted by molar-refractivity contribution is 7.85. The number of phenols is 1. The van der Waals surface area contributed by atoms with E-state index in [1.54, 1.807) is 0 Å². The Morgan fingerprint density at radius 3 is 1.81 bits per heavy atom. The monoisotopic (exact) mass is 780 g/mol. The van der Waals surface area contributed by atoms with Gasteiger partial charge in [-0.15, -0.1) is 0 Å². The molecule has 2 fully saturated rings. The molecule has 2 N–H and O–H groups in total. The van der Waals surface area contributed by atoms with Crippen LogP contribution in [-0.2, 0) is 28.0 Å². The summed E-state index contributed by atoms with van der Waals surface area (Å²) in [6.07, 6.45) is 14.0. The number of aromatic hydroxyl groups is 1. The average molecular weight is 781 g/mol. The summed E-state index contributed by atoms with van der Waals surface area (Å²) in [5.74, 6) is -0.187. The number of aliphatic hydroxyl groups is 1. The molecular formula is C41H65F5O4S2. The normalized spacial score (nSPS) is 27.2. The van der Waals surface area contributed by atoms with E-state index in [2.05, 4.69) is 13.0 Å². The molecule has 0 aliphatic heterocycles. The Balaban J connectivity index is 0.971. The van der Waals surface area contributed by atoms with Crippen LogP contribution < -0.4 is 0 Å². The van der Waals surface area contributed by atoms with Crippen LogP contribution in [0.5, 0.6) is 5.75 Å². The molecule has 4 rings (SSSR count). The number of unbranched alkanes of at least 4 members (excludes halogenated alkanes) is 12. The molecule has 2 saturated carbocycles. The van der Waals surface area contributed by atoms with Crippen molar-refractivity contribution in [3.05, 3.63) is 29.3 Å². The molecule has 0 aromatic heterocycles. The molecule has 300 valence electrons. The van der Waals surface area contributed by atoms with Crippen molar-refractivity contribution in [1.82, 2.24) is 0 Å². The fourth-order valence-corrected chi connectivity index (χ4v) is 12.2. The summed E-state index contributed by atoms with van der Waals surface area (Å²) in [4.78, 5) is 0. The maximum absolute atomic E-state index is 12.9. The summed E-state index contributed by atoms with van der Waals surface area (Å²) >= 11 is 0. The maximum atomic E-state index is 12.9. The highest BCUT2D eigenvalue weighted by Gasteiger charge is 2.57. The minimum Gasteiger partial charge on any atom is -0.508 e. The Labute approximate surface area is 314 Å². The molecule has 1 aromatic rings. The van der Waals surface area contributed by atoms with E-state index in [1.807, 2.05) is 12.1 Å². The van der Waals surface area contributed by atoms with Crippen LogP contribution in [0.1, 0.15) is 159 Å². The van der Waals surface area contributed by atoms with Crippen LogP contribution in [0.3, 0.4) is 0 Å². The number of fused-ring (bicyclic) bond motifs is 5. The average Bonchev–Trinajstić information content (AvgIpc) is 3.39. The number of halogens is 5. The summed E-state index contributed by atoms with van der Waals surface area (Å²) in [5, 5.41) is 21.1. The molecule has 0 amide bonds. The number of rotatable bonds is 24. The smallest absolute Gasteiger partial charge is 0.453 e. The molecule has 8 atom stereocenters. The topological polar surface area (TPSA) is 74.6 Å². The fraction of sp³-hybridized carbons (Fsp3) is 0.854. The highest BCUT2D eigenvalue weighted by Crippen LogP contribution is 2.62. The number of aliphatic hydroxyl groups excluding tert-OH is 1. The van der Waals surface area contributed by atoms with Gasteiger partial charge in [0, 0.05) is 51.0 Å². The van der Waals surface area contributed by atoms with E-state index < -0.39 is 46.5 Å². The first-order valence-corrected chi connectivity index (χ1v) is 23.3. The summed E-state index contributed by atoms with van der Waals surface area (Å²) in [6.45, 7) is 2.34. The third-order valence-corrected chi connectivity index (χ3v) is 15.8. The first-order chi connectivity index (χ1) is 24.7. The number of benzene rings is 1. The van der Waals surface area contributed by atoms with Gasteiger partial charge in [0.15, 0.2) is 0 Å². The lowest BCUT2D eigenvalue weighted by molar-refractivity contribution is -0.284. The van der Waals surface area contributed by atoms with E-state index in [1.165, 1.54) is 49.7 Å². The van der Waals surface area contributed by atoms with Crippen molar-refractivity contribution >= 4 is 21.6 Å². The van der Waals surface area contributed by atoms with Crippen LogP contribution in [-0.4, -0.2) is 59.8 Å². The molecule has 3 aliphatic rings. The van der Waals surface area contributed by atoms with E-state index >= 15 is 0 Å². The molecule has 1 aromatic carbocycles. The highest BCUT2D eigenvalue weighted by atomic mass is 32.2. The van der Waals surface area contributed by atoms with Crippen molar-refractivity contribution in [2.75, 3.05) is 23.0 Å². The third kappa shape index (κ3) is 12.5. The van der Waals surface area contributed by atoms with Gasteiger partial charge in [-0.2, -0.15) is 22.0 Å². The van der Waals surface area contributed by atoms with E-state index in [0.717, 1.165) is 95.0 Å². The Bertz CT molecular complexity index is 1280. The summed E-state index contributed by atoms with van der Waals surface area (Å²) in [5.41, 5.74) is 2.85. The second kappa shape index (κ2) is 20.7. The van der Waals surface area contributed by atoms with Crippen LogP contribution in [0, 0.1) is 23.2 Å². The second-order valence-corrected chi connectivity index (χ2v) is 19.9. The first kappa shape index (κ1) is 43.7. The molecule has 0 radical (unpaired) electrons. The molecule has 52 heavy (non-hydrogen) atoms. The number of hydrogen-bond donors (Lipinski definition) is 2. The van der Waals surface area contributed by atoms with Crippen molar-refractivity contribution in [2.24, 2.45) is 23.2 Å². The molecule has 3 aliphatic carbocycles. The fourth-order valence-electron chi connectivity index (χ4n) is 9.80. The van der Waals surface area contributed by atoms with Crippen molar-refractivity contribution < 1.29 is 40.6 Å². The van der Waals surface area contributed by atoms with E-state index in [9.17, 15) is 40.6 Å². The molecule has 0 bridgehead atoms. The lowest BCUT2D eigenvalue weighted by Crippen LogP contribution is -2.47. The molecule has 11 heteroatoms. The van der Waals surface area contributed by atoms with Gasteiger partial charge < -0.3 is 10.2 Å². The summed E-state index contributed by atoms with van der Waals surface area (Å²) in [7, 11) is -2.13. The van der Waals surface area contributed by atoms with E-state index in [-0.39, 0.29) is 17.3 Å². The Morgan fingerprint density at radius 2 is 1.25 bits per heavy atom. The van der Waals surface area contributed by atoms with Crippen molar-refractivity contribution in [1.29, 1.82) is 0 Å². The molecule has 0 unspecified atom stereocenters. The van der Waals surface area contributed by atoms with Crippen LogP contribution in [0.15, 0.2) is 18.2 Å². The standard InChI is InChI=1S/C41H65F5O4S2/c1-39-24-22-35-34-19-18-33(47)30-32(34)29-31(38(35)36(39)20-21-37(39)48)17-12-8-4-2-5-9-13-25-51(49)26-14-10-6-3-7-11-15-27-52(50)28-16-23-40(42,43)41(44,45)46/h18-19,30-31,35-38,47-48H,2-17,20-29H2,1H3/t31-,35-,36+,37+,38-,39+,51-,52-/m1/s1. The van der Waals surface area contributed by atoms with Gasteiger partial charge in [0.1, 0.15) is 5.75 Å². The van der Waals surface area contributed by atoms with Crippen LogP contribution in [0.25, 0.3) is 0 Å². The summed E-state index contributed by atoms with van der Waals surface area (Å²) in [6, 6.07) is 6.03. The van der Waals surface area contributed by atoms with Gasteiger partial charge in [-0.05, 0) is 117 Å². The predicted molar refractivity (Wildman–Crippen MR) is 203 cm³/mol. The van der Waals surface area contributed by atoms with Gasteiger partial charge in [-0.25, -0.2) is 0 Å². The molecular weight excluding hydrogens is 716 g/mol. The maximum Gasteiger partial charge on any atom is 0.453 e. The number of phenolic OH excluding ortho intramolecular Hbond substituents is 1. The van der Waals surface area contributed by atoms with Gasteiger partial charge in [-0.3, -0.25) is 8.42 Å². The predicted octanol–water partition coefficient (Wildman–Crippen LogP) is 11.2. The van der Waals surface area contributed by atoms with Crippen LogP contribution in [0.4, 0.5) is 22.0 Å². The van der Waals surface area contributed by atoms with E-state index in [0.29, 0.717) is 41.6 Å². The third-order valence-electron chi connectivity index (χ3n) is 12.8. The lowest BCUT2D eigenvalue weighted by atomic mass is 9.52. The summed E-state index contributed by atoms with van der Waals surface area (Å²) < 4.78 is 86.8. The van der Waals surface area contributed by atoms with Gasteiger partial charge in [0.25, 0.3) is 0 Å². The zero-order valence-corrected chi connectivity index (χ0v) is 33.1. The largest absolute Gasteiger partial charge is 0.508 e. The van der Waals surface area contributed by atoms with Crippen LogP contribution in [0.2, 0.25) is 0 Å². The Hall–Kier alpha value is -1.07. The first-order valence-electron chi connectivity index (χ1n) is 20.4. The Kier molecular flexibility index (Phi) is 17.4. The van der Waals surface area contributed by atoms with Gasteiger partial charge >= 0.3 is 12.1 Å². The zero-order valence-electron chi connectivity index (χ0n) is 31.4. The van der Waals surface area contributed by atoms with Crippen molar-refractivity contribution in [3.63, 3.8) is 0 Å². The van der Waals surface area contributed by atoms with Crippen molar-refractivity contribution in [3.8, 4) is 5.75 Å². The number of hydrogen-bond acceptors (Lipinski definition) is 4. The quantitative estimate of drug-likeness (QED) is 0.0809. The van der Waals surface area contributed by atoms with Crippen LogP contribution >= 0.6 is 0 Å².